The highest BCUT2D eigenvalue weighted by Gasteiger charge is 2.17. The van der Waals surface area contributed by atoms with Gasteiger partial charge in [0.1, 0.15) is 11.6 Å². The SMILES string of the molecule is CC(=O)c1cc([N+](=O)[O-])c(C#N)cc1C. The summed E-state index contributed by atoms with van der Waals surface area (Å²) >= 11 is 0. The van der Waals surface area contributed by atoms with E-state index in [0.29, 0.717) is 5.56 Å². The van der Waals surface area contributed by atoms with E-state index >= 15 is 0 Å². The molecule has 1 aromatic rings. The number of carbonyl (C=O) groups is 1. The highest BCUT2D eigenvalue weighted by atomic mass is 16.6. The van der Waals surface area contributed by atoms with Crippen molar-refractivity contribution in [3.8, 4) is 6.07 Å². The van der Waals surface area contributed by atoms with Gasteiger partial charge in [0.15, 0.2) is 5.78 Å². The average Bonchev–Trinajstić information content (AvgIpc) is 2.16. The lowest BCUT2D eigenvalue weighted by Gasteiger charge is -2.02. The van der Waals surface area contributed by atoms with Crippen LogP contribution < -0.4 is 0 Å². The van der Waals surface area contributed by atoms with Gasteiger partial charge in [-0.2, -0.15) is 5.26 Å². The Labute approximate surface area is 86.1 Å². The molecule has 0 fully saturated rings. The van der Waals surface area contributed by atoms with Crippen LogP contribution in [0.25, 0.3) is 0 Å². The molecule has 0 atom stereocenters. The fourth-order valence-corrected chi connectivity index (χ4v) is 1.32. The van der Waals surface area contributed by atoms with Crippen LogP contribution >= 0.6 is 0 Å². The number of aryl methyl sites for hydroxylation is 1. The van der Waals surface area contributed by atoms with Gasteiger partial charge in [-0.25, -0.2) is 0 Å². The number of nitro benzene ring substituents is 1. The lowest BCUT2D eigenvalue weighted by atomic mass is 10.0. The molecule has 0 N–H and O–H groups in total. The van der Waals surface area contributed by atoms with Gasteiger partial charge in [0.25, 0.3) is 5.69 Å². The van der Waals surface area contributed by atoms with Gasteiger partial charge in [-0.3, -0.25) is 14.9 Å². The molecule has 1 rings (SSSR count). The molecular weight excluding hydrogens is 196 g/mol. The molecule has 0 saturated heterocycles. The maximum absolute atomic E-state index is 11.1. The van der Waals surface area contributed by atoms with Crippen molar-refractivity contribution < 1.29 is 9.72 Å². The van der Waals surface area contributed by atoms with Gasteiger partial charge in [-0.15, -0.1) is 0 Å². The number of nitriles is 1. The van der Waals surface area contributed by atoms with Crippen LogP contribution in [0.4, 0.5) is 5.69 Å². The smallest absolute Gasteiger partial charge is 0.287 e. The molecule has 0 bridgehead atoms. The van der Waals surface area contributed by atoms with Crippen molar-refractivity contribution in [2.75, 3.05) is 0 Å². The molecule has 0 amide bonds. The number of benzene rings is 1. The average molecular weight is 204 g/mol. The van der Waals surface area contributed by atoms with E-state index in [4.69, 9.17) is 5.26 Å². The largest absolute Gasteiger partial charge is 0.294 e. The zero-order valence-corrected chi connectivity index (χ0v) is 8.27. The Kier molecular flexibility index (Phi) is 2.81. The topological polar surface area (TPSA) is 84.0 Å². The summed E-state index contributed by atoms with van der Waals surface area (Å²) < 4.78 is 0. The summed E-state index contributed by atoms with van der Waals surface area (Å²) in [6.45, 7) is 2.97. The summed E-state index contributed by atoms with van der Waals surface area (Å²) in [6, 6.07) is 4.24. The van der Waals surface area contributed by atoms with Crippen molar-refractivity contribution in [2.45, 2.75) is 13.8 Å². The van der Waals surface area contributed by atoms with Crippen molar-refractivity contribution in [3.05, 3.63) is 38.9 Å². The molecule has 5 nitrogen and oxygen atoms in total. The molecule has 0 aliphatic carbocycles. The number of hydrogen-bond acceptors (Lipinski definition) is 4. The summed E-state index contributed by atoms with van der Waals surface area (Å²) in [5.74, 6) is -0.250. The van der Waals surface area contributed by atoms with Gasteiger partial charge in [0.2, 0.25) is 0 Å². The second-order valence-corrected chi connectivity index (χ2v) is 3.11. The minimum Gasteiger partial charge on any atom is -0.294 e. The first kappa shape index (κ1) is 10.9. The standard InChI is InChI=1S/C10H8N2O3/c1-6-3-8(5-11)10(12(14)15)4-9(6)7(2)13/h3-4H,1-2H3. The molecule has 0 unspecified atom stereocenters. The number of nitro groups is 1. The molecule has 0 spiro atoms. The number of hydrogen-bond donors (Lipinski definition) is 0. The minimum absolute atomic E-state index is 0.0255. The third-order valence-corrected chi connectivity index (χ3v) is 2.04. The number of rotatable bonds is 2. The molecule has 0 heterocycles. The van der Waals surface area contributed by atoms with Crippen LogP contribution in [0.5, 0.6) is 0 Å². The van der Waals surface area contributed by atoms with E-state index in [1.807, 2.05) is 0 Å². The van der Waals surface area contributed by atoms with E-state index in [0.717, 1.165) is 6.07 Å². The van der Waals surface area contributed by atoms with E-state index < -0.39 is 4.92 Å². The maximum atomic E-state index is 11.1. The Bertz CT molecular complexity index is 486. The molecule has 0 aliphatic heterocycles. The van der Waals surface area contributed by atoms with Crippen molar-refractivity contribution >= 4 is 11.5 Å². The van der Waals surface area contributed by atoms with Crippen LogP contribution in [-0.2, 0) is 0 Å². The fourth-order valence-electron chi connectivity index (χ4n) is 1.32. The van der Waals surface area contributed by atoms with Gasteiger partial charge in [0, 0.05) is 11.6 Å². The van der Waals surface area contributed by atoms with E-state index in [1.165, 1.54) is 13.0 Å². The van der Waals surface area contributed by atoms with Crippen molar-refractivity contribution in [3.63, 3.8) is 0 Å². The summed E-state index contributed by atoms with van der Waals surface area (Å²) in [6.07, 6.45) is 0. The van der Waals surface area contributed by atoms with E-state index in [2.05, 4.69) is 0 Å². The van der Waals surface area contributed by atoms with Crippen LogP contribution in [0.3, 0.4) is 0 Å². The highest BCUT2D eigenvalue weighted by Crippen LogP contribution is 2.22. The summed E-state index contributed by atoms with van der Waals surface area (Å²) in [5.41, 5.74) is 0.501. The zero-order chi connectivity index (χ0) is 11.6. The van der Waals surface area contributed by atoms with Crippen LogP contribution in [-0.4, -0.2) is 10.7 Å². The number of carbonyl (C=O) groups excluding carboxylic acids is 1. The first-order valence-electron chi connectivity index (χ1n) is 4.17. The quantitative estimate of drug-likeness (QED) is 0.418. The lowest BCUT2D eigenvalue weighted by Crippen LogP contribution is -2.01. The first-order valence-corrected chi connectivity index (χ1v) is 4.17. The maximum Gasteiger partial charge on any atom is 0.287 e. The normalized spacial score (nSPS) is 9.40. The fraction of sp³-hybridized carbons (Fsp3) is 0.200. The second kappa shape index (κ2) is 3.88. The van der Waals surface area contributed by atoms with E-state index in [-0.39, 0.29) is 22.6 Å². The Morgan fingerprint density at radius 1 is 1.53 bits per heavy atom. The number of ketones is 1. The zero-order valence-electron chi connectivity index (χ0n) is 8.27. The van der Waals surface area contributed by atoms with Crippen LogP contribution in [0.15, 0.2) is 12.1 Å². The number of nitrogens with zero attached hydrogens (tertiary/aromatic N) is 2. The first-order chi connectivity index (χ1) is 6.97. The molecule has 15 heavy (non-hydrogen) atoms. The summed E-state index contributed by atoms with van der Waals surface area (Å²) in [4.78, 5) is 21.1. The van der Waals surface area contributed by atoms with Crippen molar-refractivity contribution in [2.24, 2.45) is 0 Å². The molecule has 1 aromatic carbocycles. The summed E-state index contributed by atoms with van der Waals surface area (Å²) in [5, 5.41) is 19.3. The molecule has 0 radical (unpaired) electrons. The van der Waals surface area contributed by atoms with Crippen molar-refractivity contribution in [1.82, 2.24) is 0 Å². The molecule has 5 heteroatoms. The summed E-state index contributed by atoms with van der Waals surface area (Å²) in [7, 11) is 0. The van der Waals surface area contributed by atoms with Crippen LogP contribution in [0.1, 0.15) is 28.4 Å². The Balaban J connectivity index is 3.52. The van der Waals surface area contributed by atoms with Gasteiger partial charge >= 0.3 is 0 Å². The Morgan fingerprint density at radius 2 is 2.13 bits per heavy atom. The Morgan fingerprint density at radius 3 is 2.53 bits per heavy atom. The predicted octanol–water partition coefficient (Wildman–Crippen LogP) is 1.98. The number of Topliss-reactive ketones (excluding diaryl/α,β-unsaturated/α-hetero) is 1. The van der Waals surface area contributed by atoms with Crippen LogP contribution in [0.2, 0.25) is 0 Å². The predicted molar refractivity (Wildman–Crippen MR) is 52.6 cm³/mol. The van der Waals surface area contributed by atoms with Crippen molar-refractivity contribution in [1.29, 1.82) is 5.26 Å². The monoisotopic (exact) mass is 204 g/mol. The molecule has 0 aromatic heterocycles. The Hall–Kier alpha value is -2.22. The highest BCUT2D eigenvalue weighted by molar-refractivity contribution is 5.96. The minimum atomic E-state index is -0.662. The van der Waals surface area contributed by atoms with Gasteiger partial charge in [-0.1, -0.05) is 0 Å². The third-order valence-electron chi connectivity index (χ3n) is 2.04. The van der Waals surface area contributed by atoms with E-state index in [1.54, 1.807) is 13.0 Å². The second-order valence-electron chi connectivity index (χ2n) is 3.11. The van der Waals surface area contributed by atoms with Gasteiger partial charge < -0.3 is 0 Å². The molecular formula is C10H8N2O3. The third kappa shape index (κ3) is 1.99. The molecule has 76 valence electrons. The lowest BCUT2D eigenvalue weighted by molar-refractivity contribution is -0.385. The van der Waals surface area contributed by atoms with Crippen LogP contribution in [0, 0.1) is 28.4 Å². The molecule has 0 aliphatic rings. The van der Waals surface area contributed by atoms with E-state index in [9.17, 15) is 14.9 Å². The molecule has 0 saturated carbocycles. The van der Waals surface area contributed by atoms with Gasteiger partial charge in [0.05, 0.1) is 4.92 Å². The van der Waals surface area contributed by atoms with Gasteiger partial charge in [-0.05, 0) is 25.5 Å².